The summed E-state index contributed by atoms with van der Waals surface area (Å²) in [6.45, 7) is 1.63. The van der Waals surface area contributed by atoms with Crippen molar-refractivity contribution in [2.75, 3.05) is 18.0 Å². The van der Waals surface area contributed by atoms with Crippen LogP contribution in [0.4, 0.5) is 5.82 Å². The number of aromatic nitrogens is 4. The summed E-state index contributed by atoms with van der Waals surface area (Å²) < 4.78 is 1.84. The maximum absolute atomic E-state index is 10.7. The topological polar surface area (TPSA) is 83.6 Å². The van der Waals surface area contributed by atoms with Crippen molar-refractivity contribution in [3.8, 4) is 0 Å². The molecule has 19 heavy (non-hydrogen) atoms. The molecule has 1 N–H and O–H groups in total. The fourth-order valence-electron chi connectivity index (χ4n) is 2.56. The van der Waals surface area contributed by atoms with Crippen molar-refractivity contribution in [2.24, 2.45) is 5.92 Å². The van der Waals surface area contributed by atoms with Gasteiger partial charge in [-0.2, -0.15) is 0 Å². The molecule has 0 bridgehead atoms. The van der Waals surface area contributed by atoms with E-state index in [9.17, 15) is 4.79 Å². The highest BCUT2D eigenvalue weighted by atomic mass is 16.4. The monoisotopic (exact) mass is 261 g/mol. The first-order valence-electron chi connectivity index (χ1n) is 6.35. The number of rotatable bonds is 3. The molecule has 0 unspecified atom stereocenters. The largest absolute Gasteiger partial charge is 0.481 e. The lowest BCUT2D eigenvalue weighted by Crippen LogP contribution is -2.35. The van der Waals surface area contributed by atoms with Gasteiger partial charge in [0.25, 0.3) is 0 Å². The highest BCUT2D eigenvalue weighted by Crippen LogP contribution is 2.25. The number of aliphatic carboxylic acids is 1. The second-order valence-electron chi connectivity index (χ2n) is 4.84. The fourth-order valence-corrected chi connectivity index (χ4v) is 2.56. The number of hydrogen-bond acceptors (Lipinski definition) is 5. The van der Waals surface area contributed by atoms with Gasteiger partial charge in [-0.25, -0.2) is 4.98 Å². The summed E-state index contributed by atoms with van der Waals surface area (Å²) in [7, 11) is 0. The zero-order valence-corrected chi connectivity index (χ0v) is 10.4. The van der Waals surface area contributed by atoms with Gasteiger partial charge in [-0.15, -0.1) is 10.2 Å². The Bertz CT molecular complexity index is 589. The SMILES string of the molecule is O=C(O)CC1CCN(c2nccn3cnnc23)CC1. The molecular weight excluding hydrogens is 246 g/mol. The van der Waals surface area contributed by atoms with E-state index in [-0.39, 0.29) is 12.3 Å². The Hall–Kier alpha value is -2.18. The number of piperidine rings is 1. The lowest BCUT2D eigenvalue weighted by molar-refractivity contribution is -0.138. The highest BCUT2D eigenvalue weighted by molar-refractivity contribution is 5.67. The van der Waals surface area contributed by atoms with Gasteiger partial charge in [0.1, 0.15) is 6.33 Å². The molecule has 0 amide bonds. The van der Waals surface area contributed by atoms with Crippen LogP contribution in [0.25, 0.3) is 5.65 Å². The molecule has 2 aromatic heterocycles. The van der Waals surface area contributed by atoms with E-state index in [0.29, 0.717) is 0 Å². The molecule has 0 aliphatic carbocycles. The first-order chi connectivity index (χ1) is 9.24. The second kappa shape index (κ2) is 4.83. The van der Waals surface area contributed by atoms with Gasteiger partial charge in [-0.05, 0) is 18.8 Å². The summed E-state index contributed by atoms with van der Waals surface area (Å²) in [6.07, 6.45) is 7.21. The van der Waals surface area contributed by atoms with Crippen molar-refractivity contribution < 1.29 is 9.90 Å². The van der Waals surface area contributed by atoms with Crippen LogP contribution in [-0.4, -0.2) is 43.7 Å². The van der Waals surface area contributed by atoms with Crippen molar-refractivity contribution in [3.63, 3.8) is 0 Å². The standard InChI is InChI=1S/C12H15N5O2/c18-10(19)7-9-1-4-16(5-2-9)11-12-15-14-8-17(12)6-3-13-11/h3,6,8-9H,1-2,4-5,7H2,(H,18,19). The normalized spacial score (nSPS) is 16.9. The van der Waals surface area contributed by atoms with Crippen LogP contribution in [0, 0.1) is 5.92 Å². The van der Waals surface area contributed by atoms with Gasteiger partial charge in [0, 0.05) is 31.9 Å². The summed E-state index contributed by atoms with van der Waals surface area (Å²) >= 11 is 0. The maximum Gasteiger partial charge on any atom is 0.303 e. The molecule has 0 saturated carbocycles. The van der Waals surface area contributed by atoms with Crippen LogP contribution in [0.3, 0.4) is 0 Å². The van der Waals surface area contributed by atoms with E-state index < -0.39 is 5.97 Å². The van der Waals surface area contributed by atoms with Crippen LogP contribution in [-0.2, 0) is 4.79 Å². The Morgan fingerprint density at radius 2 is 2.21 bits per heavy atom. The third-order valence-electron chi connectivity index (χ3n) is 3.57. The number of anilines is 1. The van der Waals surface area contributed by atoms with Crippen molar-refractivity contribution in [1.29, 1.82) is 0 Å². The summed E-state index contributed by atoms with van der Waals surface area (Å²) in [4.78, 5) is 17.2. The fraction of sp³-hybridized carbons (Fsp3) is 0.500. The third kappa shape index (κ3) is 2.35. The van der Waals surface area contributed by atoms with Crippen molar-refractivity contribution in [3.05, 3.63) is 18.7 Å². The van der Waals surface area contributed by atoms with Gasteiger partial charge in [-0.1, -0.05) is 0 Å². The molecule has 3 rings (SSSR count). The molecule has 0 radical (unpaired) electrons. The first-order valence-corrected chi connectivity index (χ1v) is 6.35. The highest BCUT2D eigenvalue weighted by Gasteiger charge is 2.23. The number of carboxylic acids is 1. The molecule has 1 aliphatic heterocycles. The van der Waals surface area contributed by atoms with Crippen molar-refractivity contribution >= 4 is 17.4 Å². The van der Waals surface area contributed by atoms with E-state index in [4.69, 9.17) is 5.11 Å². The molecule has 100 valence electrons. The molecule has 0 spiro atoms. The molecule has 3 heterocycles. The number of carbonyl (C=O) groups is 1. The smallest absolute Gasteiger partial charge is 0.303 e. The van der Waals surface area contributed by atoms with E-state index in [2.05, 4.69) is 20.1 Å². The second-order valence-corrected chi connectivity index (χ2v) is 4.84. The molecule has 7 nitrogen and oxygen atoms in total. The molecule has 1 saturated heterocycles. The molecular formula is C12H15N5O2. The van der Waals surface area contributed by atoms with Crippen LogP contribution < -0.4 is 4.90 Å². The lowest BCUT2D eigenvalue weighted by Gasteiger charge is -2.32. The predicted octanol–water partition coefficient (Wildman–Crippen LogP) is 0.815. The molecule has 7 heteroatoms. The quantitative estimate of drug-likeness (QED) is 0.880. The van der Waals surface area contributed by atoms with Crippen LogP contribution in [0.1, 0.15) is 19.3 Å². The van der Waals surface area contributed by atoms with Crippen LogP contribution in [0.2, 0.25) is 0 Å². The van der Waals surface area contributed by atoms with E-state index >= 15 is 0 Å². The minimum Gasteiger partial charge on any atom is -0.481 e. The first kappa shape index (κ1) is 11.9. The zero-order chi connectivity index (χ0) is 13.2. The Kier molecular flexibility index (Phi) is 3.02. The van der Waals surface area contributed by atoms with E-state index in [1.54, 1.807) is 12.5 Å². The zero-order valence-electron chi connectivity index (χ0n) is 10.4. The minimum atomic E-state index is -0.712. The molecule has 0 atom stereocenters. The summed E-state index contributed by atoms with van der Waals surface area (Å²) in [6, 6.07) is 0. The number of fused-ring (bicyclic) bond motifs is 1. The molecule has 1 fully saturated rings. The van der Waals surface area contributed by atoms with Gasteiger partial charge in [0.05, 0.1) is 0 Å². The average Bonchev–Trinajstić information content (AvgIpc) is 2.87. The lowest BCUT2D eigenvalue weighted by atomic mass is 9.94. The predicted molar refractivity (Wildman–Crippen MR) is 68.0 cm³/mol. The van der Waals surface area contributed by atoms with Gasteiger partial charge in [0.2, 0.25) is 5.65 Å². The maximum atomic E-state index is 10.7. The van der Waals surface area contributed by atoms with E-state index in [1.165, 1.54) is 0 Å². The third-order valence-corrected chi connectivity index (χ3v) is 3.57. The van der Waals surface area contributed by atoms with Crippen LogP contribution in [0.15, 0.2) is 18.7 Å². The summed E-state index contributed by atoms with van der Waals surface area (Å²) in [5.74, 6) is 0.385. The Labute approximate surface area is 109 Å². The molecule has 2 aromatic rings. The summed E-state index contributed by atoms with van der Waals surface area (Å²) in [5.41, 5.74) is 0.749. The average molecular weight is 261 g/mol. The van der Waals surface area contributed by atoms with Gasteiger partial charge < -0.3 is 10.0 Å². The number of hydrogen-bond donors (Lipinski definition) is 1. The van der Waals surface area contributed by atoms with E-state index in [0.717, 1.165) is 37.4 Å². The van der Waals surface area contributed by atoms with E-state index in [1.807, 2.05) is 10.6 Å². The Balaban J connectivity index is 1.75. The Morgan fingerprint density at radius 3 is 2.95 bits per heavy atom. The minimum absolute atomic E-state index is 0.260. The summed E-state index contributed by atoms with van der Waals surface area (Å²) in [5, 5.41) is 16.8. The number of carboxylic acid groups (broad SMARTS) is 1. The molecule has 1 aliphatic rings. The number of nitrogens with zero attached hydrogens (tertiary/aromatic N) is 5. The van der Waals surface area contributed by atoms with Gasteiger partial charge in [0.15, 0.2) is 5.82 Å². The molecule has 0 aromatic carbocycles. The van der Waals surface area contributed by atoms with Gasteiger partial charge >= 0.3 is 5.97 Å². The van der Waals surface area contributed by atoms with Crippen molar-refractivity contribution in [1.82, 2.24) is 19.6 Å². The van der Waals surface area contributed by atoms with Crippen LogP contribution >= 0.6 is 0 Å². The van der Waals surface area contributed by atoms with Crippen molar-refractivity contribution in [2.45, 2.75) is 19.3 Å². The van der Waals surface area contributed by atoms with Gasteiger partial charge in [-0.3, -0.25) is 9.20 Å². The van der Waals surface area contributed by atoms with Crippen LogP contribution in [0.5, 0.6) is 0 Å². The Morgan fingerprint density at radius 1 is 1.42 bits per heavy atom.